The third kappa shape index (κ3) is 4.00. The fourth-order valence-corrected chi connectivity index (χ4v) is 2.94. The van der Waals surface area contributed by atoms with Gasteiger partial charge < -0.3 is 10.4 Å². The summed E-state index contributed by atoms with van der Waals surface area (Å²) in [6, 6.07) is 10.9. The lowest BCUT2D eigenvalue weighted by Gasteiger charge is -2.05. The predicted octanol–water partition coefficient (Wildman–Crippen LogP) is 2.88. The molecule has 0 aliphatic rings. The highest BCUT2D eigenvalue weighted by atomic mass is 32.1. The molecule has 0 fully saturated rings. The lowest BCUT2D eigenvalue weighted by Crippen LogP contribution is -2.14. The molecule has 1 amide bonds. The molecular weight excluding hydrogens is 310 g/mol. The van der Waals surface area contributed by atoms with Gasteiger partial charge in [-0.1, -0.05) is 12.1 Å². The number of nitrogens with one attached hydrogen (secondary N) is 1. The van der Waals surface area contributed by atoms with Crippen molar-refractivity contribution < 1.29 is 9.90 Å². The van der Waals surface area contributed by atoms with Crippen LogP contribution < -0.4 is 5.32 Å². The average molecular weight is 325 g/mol. The minimum atomic E-state index is -0.136. The zero-order valence-electron chi connectivity index (χ0n) is 12.3. The third-order valence-corrected chi connectivity index (χ3v) is 4.14. The highest BCUT2D eigenvalue weighted by Gasteiger charge is 2.09. The lowest BCUT2D eigenvalue weighted by atomic mass is 10.2. The molecule has 2 N–H and O–H groups in total. The third-order valence-electron chi connectivity index (χ3n) is 3.20. The van der Waals surface area contributed by atoms with Gasteiger partial charge in [0.25, 0.3) is 0 Å². The first-order valence-corrected chi connectivity index (χ1v) is 7.97. The molecule has 23 heavy (non-hydrogen) atoms. The van der Waals surface area contributed by atoms with E-state index in [1.165, 1.54) is 11.3 Å². The van der Waals surface area contributed by atoms with Crippen LogP contribution in [0.4, 0.5) is 5.69 Å². The number of nitrogens with zero attached hydrogens (tertiary/aromatic N) is 2. The largest absolute Gasteiger partial charge is 0.392 e. The molecule has 6 heteroatoms. The molecule has 116 valence electrons. The molecule has 3 aromatic rings. The van der Waals surface area contributed by atoms with Crippen molar-refractivity contribution in [3.8, 4) is 10.6 Å². The van der Waals surface area contributed by atoms with Gasteiger partial charge in [0.1, 0.15) is 5.01 Å². The number of hydrogen-bond donors (Lipinski definition) is 2. The van der Waals surface area contributed by atoms with E-state index in [9.17, 15) is 4.79 Å². The maximum atomic E-state index is 12.1. The monoisotopic (exact) mass is 325 g/mol. The summed E-state index contributed by atoms with van der Waals surface area (Å²) in [5.74, 6) is -0.136. The number of hydrogen-bond acceptors (Lipinski definition) is 5. The van der Waals surface area contributed by atoms with Crippen LogP contribution >= 0.6 is 11.3 Å². The maximum Gasteiger partial charge on any atom is 0.230 e. The maximum absolute atomic E-state index is 12.1. The van der Waals surface area contributed by atoms with Crippen molar-refractivity contribution in [3.63, 3.8) is 0 Å². The number of anilines is 1. The summed E-state index contributed by atoms with van der Waals surface area (Å²) in [7, 11) is 0. The fourth-order valence-electron chi connectivity index (χ4n) is 2.13. The Hall–Kier alpha value is -2.57. The molecular formula is C17H15N3O2S. The van der Waals surface area contributed by atoms with E-state index in [4.69, 9.17) is 5.11 Å². The second-order valence-electron chi connectivity index (χ2n) is 4.97. The van der Waals surface area contributed by atoms with Gasteiger partial charge in [0.05, 0.1) is 18.7 Å². The predicted molar refractivity (Wildman–Crippen MR) is 90.0 cm³/mol. The number of pyridine rings is 1. The highest BCUT2D eigenvalue weighted by molar-refractivity contribution is 7.13. The van der Waals surface area contributed by atoms with E-state index < -0.39 is 0 Å². The average Bonchev–Trinajstić information content (AvgIpc) is 3.04. The van der Waals surface area contributed by atoms with Crippen molar-refractivity contribution in [3.05, 3.63) is 65.4 Å². The van der Waals surface area contributed by atoms with E-state index in [-0.39, 0.29) is 18.9 Å². The van der Waals surface area contributed by atoms with Gasteiger partial charge in [0, 0.05) is 29.0 Å². The van der Waals surface area contributed by atoms with Gasteiger partial charge in [-0.25, -0.2) is 4.98 Å². The molecule has 0 radical (unpaired) electrons. The standard InChI is InChI=1S/C17H15N3O2S/c21-10-12-3-1-5-14(7-12)19-16(22)8-15-11-23-17(20-15)13-4-2-6-18-9-13/h1-7,9,11,21H,8,10H2,(H,19,22). The summed E-state index contributed by atoms with van der Waals surface area (Å²) in [5, 5.41) is 14.7. The second kappa shape index (κ2) is 7.13. The van der Waals surface area contributed by atoms with Crippen LogP contribution in [0.25, 0.3) is 10.6 Å². The molecule has 0 aliphatic heterocycles. The molecule has 0 unspecified atom stereocenters. The summed E-state index contributed by atoms with van der Waals surface area (Å²) in [6.45, 7) is -0.0513. The Balaban J connectivity index is 1.65. The molecule has 0 aliphatic carbocycles. The van der Waals surface area contributed by atoms with Crippen LogP contribution in [0.2, 0.25) is 0 Å². The first kappa shape index (κ1) is 15.3. The molecule has 2 aromatic heterocycles. The number of aliphatic hydroxyl groups excluding tert-OH is 1. The summed E-state index contributed by atoms with van der Waals surface area (Å²) in [6.07, 6.45) is 3.68. The van der Waals surface area contributed by atoms with Crippen LogP contribution in [-0.4, -0.2) is 21.0 Å². The van der Waals surface area contributed by atoms with Crippen molar-refractivity contribution in [1.29, 1.82) is 0 Å². The van der Waals surface area contributed by atoms with Crippen molar-refractivity contribution in [2.45, 2.75) is 13.0 Å². The molecule has 2 heterocycles. The Morgan fingerprint density at radius 2 is 2.17 bits per heavy atom. The van der Waals surface area contributed by atoms with E-state index in [0.29, 0.717) is 5.69 Å². The Morgan fingerprint density at radius 3 is 2.96 bits per heavy atom. The number of carbonyl (C=O) groups is 1. The molecule has 0 atom stereocenters. The van der Waals surface area contributed by atoms with E-state index in [1.54, 1.807) is 36.7 Å². The Bertz CT molecular complexity index is 802. The second-order valence-corrected chi connectivity index (χ2v) is 5.83. The van der Waals surface area contributed by atoms with Gasteiger partial charge in [0.2, 0.25) is 5.91 Å². The number of carbonyl (C=O) groups excluding carboxylic acids is 1. The van der Waals surface area contributed by atoms with Gasteiger partial charge in [-0.2, -0.15) is 0 Å². The summed E-state index contributed by atoms with van der Waals surface area (Å²) >= 11 is 1.49. The van der Waals surface area contributed by atoms with Gasteiger partial charge in [0.15, 0.2) is 0 Å². The smallest absolute Gasteiger partial charge is 0.230 e. The fraction of sp³-hybridized carbons (Fsp3) is 0.118. The number of aromatic nitrogens is 2. The zero-order valence-corrected chi connectivity index (χ0v) is 13.1. The summed E-state index contributed by atoms with van der Waals surface area (Å²) in [5.41, 5.74) is 3.10. The van der Waals surface area contributed by atoms with Crippen LogP contribution in [0.5, 0.6) is 0 Å². The van der Waals surface area contributed by atoms with E-state index in [2.05, 4.69) is 15.3 Å². The minimum Gasteiger partial charge on any atom is -0.392 e. The Morgan fingerprint density at radius 1 is 1.26 bits per heavy atom. The number of aliphatic hydroxyl groups is 1. The zero-order chi connectivity index (χ0) is 16.1. The van der Waals surface area contributed by atoms with E-state index in [1.807, 2.05) is 17.5 Å². The molecule has 3 rings (SSSR count). The minimum absolute atomic E-state index is 0.0513. The van der Waals surface area contributed by atoms with Gasteiger partial charge >= 0.3 is 0 Å². The van der Waals surface area contributed by atoms with Gasteiger partial charge in [-0.3, -0.25) is 9.78 Å². The Kier molecular flexibility index (Phi) is 4.75. The van der Waals surface area contributed by atoms with Crippen LogP contribution in [0, 0.1) is 0 Å². The molecule has 0 saturated heterocycles. The van der Waals surface area contributed by atoms with Crippen LogP contribution in [0.3, 0.4) is 0 Å². The summed E-state index contributed by atoms with van der Waals surface area (Å²) in [4.78, 5) is 20.6. The number of amides is 1. The number of thiazole rings is 1. The van der Waals surface area contributed by atoms with Crippen LogP contribution in [-0.2, 0) is 17.8 Å². The summed E-state index contributed by atoms with van der Waals surface area (Å²) < 4.78 is 0. The lowest BCUT2D eigenvalue weighted by molar-refractivity contribution is -0.115. The van der Waals surface area contributed by atoms with E-state index in [0.717, 1.165) is 21.8 Å². The molecule has 0 spiro atoms. The molecule has 5 nitrogen and oxygen atoms in total. The van der Waals surface area contributed by atoms with Gasteiger partial charge in [-0.05, 0) is 29.8 Å². The van der Waals surface area contributed by atoms with Crippen molar-refractivity contribution >= 4 is 22.9 Å². The SMILES string of the molecule is O=C(Cc1csc(-c2cccnc2)n1)Nc1cccc(CO)c1. The molecule has 1 aromatic carbocycles. The van der Waals surface area contributed by atoms with Crippen molar-refractivity contribution in [2.75, 3.05) is 5.32 Å². The van der Waals surface area contributed by atoms with Crippen LogP contribution in [0.15, 0.2) is 54.2 Å². The first-order chi connectivity index (χ1) is 11.2. The first-order valence-electron chi connectivity index (χ1n) is 7.09. The van der Waals surface area contributed by atoms with Gasteiger partial charge in [-0.15, -0.1) is 11.3 Å². The van der Waals surface area contributed by atoms with Crippen molar-refractivity contribution in [1.82, 2.24) is 9.97 Å². The normalized spacial score (nSPS) is 10.5. The van der Waals surface area contributed by atoms with Crippen LogP contribution in [0.1, 0.15) is 11.3 Å². The molecule has 0 saturated carbocycles. The quantitative estimate of drug-likeness (QED) is 0.756. The topological polar surface area (TPSA) is 75.1 Å². The van der Waals surface area contributed by atoms with Crippen molar-refractivity contribution in [2.24, 2.45) is 0 Å². The molecule has 0 bridgehead atoms. The highest BCUT2D eigenvalue weighted by Crippen LogP contribution is 2.23. The number of rotatable bonds is 5. The Labute approximate surface area is 137 Å². The van der Waals surface area contributed by atoms with E-state index >= 15 is 0 Å². The number of benzene rings is 1.